The Morgan fingerprint density at radius 3 is 2.45 bits per heavy atom. The average molecular weight is 275 g/mol. The number of halogens is 1. The maximum absolute atomic E-state index is 12.8. The molecular formula is C15H14FNO3. The van der Waals surface area contributed by atoms with Gasteiger partial charge in [0.25, 0.3) is 0 Å². The molecular weight excluding hydrogens is 261 g/mol. The molecule has 20 heavy (non-hydrogen) atoms. The smallest absolute Gasteiger partial charge is 0.307 e. The summed E-state index contributed by atoms with van der Waals surface area (Å²) >= 11 is 0. The lowest BCUT2D eigenvalue weighted by Gasteiger charge is -2.11. The fraction of sp³-hybridized carbons (Fsp3) is 0.200. The molecule has 0 amide bonds. The zero-order valence-corrected chi connectivity index (χ0v) is 10.7. The summed E-state index contributed by atoms with van der Waals surface area (Å²) in [6, 6.07) is 8.92. The number of H-pyrrole nitrogens is 1. The Morgan fingerprint density at radius 2 is 1.90 bits per heavy atom. The summed E-state index contributed by atoms with van der Waals surface area (Å²) in [5.74, 6) is -2.47. The second kappa shape index (κ2) is 6.14. The predicted molar refractivity (Wildman–Crippen MR) is 71.0 cm³/mol. The standard InChI is InChI=1S/C15H14FNO3/c16-12-5-3-10(4-6-12)8-11(15(19)20)9-14(18)13-2-1-7-17-13/h1-7,11,17H,8-9H2,(H,19,20)/t11-/m0/s1. The Hall–Kier alpha value is -2.43. The molecule has 0 saturated carbocycles. The van der Waals surface area contributed by atoms with E-state index in [2.05, 4.69) is 4.98 Å². The van der Waals surface area contributed by atoms with Crippen molar-refractivity contribution in [1.29, 1.82) is 0 Å². The number of nitrogens with one attached hydrogen (secondary N) is 1. The maximum atomic E-state index is 12.8. The van der Waals surface area contributed by atoms with Crippen LogP contribution in [0.4, 0.5) is 4.39 Å². The van der Waals surface area contributed by atoms with Crippen molar-refractivity contribution in [2.24, 2.45) is 5.92 Å². The van der Waals surface area contributed by atoms with Gasteiger partial charge in [0.15, 0.2) is 5.78 Å². The average Bonchev–Trinajstić information content (AvgIpc) is 2.94. The van der Waals surface area contributed by atoms with Gasteiger partial charge in [-0.15, -0.1) is 0 Å². The van der Waals surface area contributed by atoms with Gasteiger partial charge in [0, 0.05) is 12.6 Å². The van der Waals surface area contributed by atoms with Crippen LogP contribution in [0.3, 0.4) is 0 Å². The summed E-state index contributed by atoms with van der Waals surface area (Å²) in [7, 11) is 0. The van der Waals surface area contributed by atoms with Gasteiger partial charge in [-0.25, -0.2) is 4.39 Å². The Morgan fingerprint density at radius 1 is 1.20 bits per heavy atom. The Bertz CT molecular complexity index is 590. The summed E-state index contributed by atoms with van der Waals surface area (Å²) in [4.78, 5) is 25.9. The molecule has 1 aromatic carbocycles. The molecule has 1 aromatic heterocycles. The second-order valence-electron chi connectivity index (χ2n) is 4.58. The molecule has 0 bridgehead atoms. The number of carboxylic acids is 1. The molecule has 2 aromatic rings. The number of hydrogen-bond donors (Lipinski definition) is 2. The molecule has 4 nitrogen and oxygen atoms in total. The van der Waals surface area contributed by atoms with Crippen molar-refractivity contribution in [3.8, 4) is 0 Å². The minimum Gasteiger partial charge on any atom is -0.481 e. The third kappa shape index (κ3) is 3.54. The van der Waals surface area contributed by atoms with Gasteiger partial charge >= 0.3 is 5.97 Å². The highest BCUT2D eigenvalue weighted by Gasteiger charge is 2.22. The van der Waals surface area contributed by atoms with Gasteiger partial charge in [-0.1, -0.05) is 12.1 Å². The topological polar surface area (TPSA) is 70.2 Å². The van der Waals surface area contributed by atoms with E-state index in [1.807, 2.05) is 0 Å². The molecule has 0 saturated heterocycles. The van der Waals surface area contributed by atoms with Crippen LogP contribution in [0.25, 0.3) is 0 Å². The minimum absolute atomic E-state index is 0.0901. The van der Waals surface area contributed by atoms with E-state index in [0.29, 0.717) is 11.3 Å². The van der Waals surface area contributed by atoms with Crippen LogP contribution in [0.5, 0.6) is 0 Å². The van der Waals surface area contributed by atoms with E-state index in [1.165, 1.54) is 24.3 Å². The minimum atomic E-state index is -1.03. The van der Waals surface area contributed by atoms with Crippen molar-refractivity contribution in [2.45, 2.75) is 12.8 Å². The number of hydrogen-bond acceptors (Lipinski definition) is 2. The fourth-order valence-corrected chi connectivity index (χ4v) is 1.99. The molecule has 0 fully saturated rings. The van der Waals surface area contributed by atoms with Gasteiger partial charge in [-0.05, 0) is 36.2 Å². The SMILES string of the molecule is O=C(C[C@H](Cc1ccc(F)cc1)C(=O)O)c1ccc[nH]1. The third-order valence-electron chi connectivity index (χ3n) is 3.07. The fourth-order valence-electron chi connectivity index (χ4n) is 1.99. The first-order valence-corrected chi connectivity index (χ1v) is 6.20. The summed E-state index contributed by atoms with van der Waals surface area (Å²) < 4.78 is 12.8. The zero-order valence-electron chi connectivity index (χ0n) is 10.7. The summed E-state index contributed by atoms with van der Waals surface area (Å²) in [6.07, 6.45) is 1.72. The number of aromatic amines is 1. The summed E-state index contributed by atoms with van der Waals surface area (Å²) in [5.41, 5.74) is 1.09. The Kier molecular flexibility index (Phi) is 4.30. The Labute approximate surface area is 115 Å². The number of carbonyl (C=O) groups excluding carboxylic acids is 1. The largest absolute Gasteiger partial charge is 0.481 e. The number of rotatable bonds is 6. The van der Waals surface area contributed by atoms with E-state index in [4.69, 9.17) is 0 Å². The molecule has 104 valence electrons. The quantitative estimate of drug-likeness (QED) is 0.796. The van der Waals surface area contributed by atoms with Crippen LogP contribution in [0.1, 0.15) is 22.5 Å². The van der Waals surface area contributed by atoms with Gasteiger partial charge < -0.3 is 10.1 Å². The van der Waals surface area contributed by atoms with Crippen LogP contribution in [-0.4, -0.2) is 21.8 Å². The van der Waals surface area contributed by atoms with Crippen molar-refractivity contribution in [2.75, 3.05) is 0 Å². The highest BCUT2D eigenvalue weighted by Crippen LogP contribution is 2.16. The van der Waals surface area contributed by atoms with Crippen molar-refractivity contribution < 1.29 is 19.1 Å². The van der Waals surface area contributed by atoms with Crippen molar-refractivity contribution in [3.05, 3.63) is 59.7 Å². The lowest BCUT2D eigenvalue weighted by Crippen LogP contribution is -2.20. The lowest BCUT2D eigenvalue weighted by atomic mass is 9.93. The van der Waals surface area contributed by atoms with Gasteiger partial charge in [-0.3, -0.25) is 9.59 Å². The zero-order chi connectivity index (χ0) is 14.5. The van der Waals surface area contributed by atoms with Crippen LogP contribution in [0.2, 0.25) is 0 Å². The maximum Gasteiger partial charge on any atom is 0.307 e. The molecule has 1 heterocycles. The monoisotopic (exact) mass is 275 g/mol. The highest BCUT2D eigenvalue weighted by atomic mass is 19.1. The van der Waals surface area contributed by atoms with E-state index in [9.17, 15) is 19.1 Å². The van der Waals surface area contributed by atoms with Crippen LogP contribution in [-0.2, 0) is 11.2 Å². The number of aliphatic carboxylic acids is 1. The first kappa shape index (κ1) is 14.0. The van der Waals surface area contributed by atoms with Crippen molar-refractivity contribution >= 4 is 11.8 Å². The first-order chi connectivity index (χ1) is 9.56. The van der Waals surface area contributed by atoms with Gasteiger partial charge in [0.1, 0.15) is 5.82 Å². The Balaban J connectivity index is 2.06. The summed E-state index contributed by atoms with van der Waals surface area (Å²) in [5, 5.41) is 9.20. The molecule has 0 aliphatic carbocycles. The number of carboxylic acid groups (broad SMARTS) is 1. The number of benzene rings is 1. The van der Waals surface area contributed by atoms with Crippen molar-refractivity contribution in [1.82, 2.24) is 4.98 Å². The van der Waals surface area contributed by atoms with Crippen LogP contribution < -0.4 is 0 Å². The van der Waals surface area contributed by atoms with E-state index in [1.54, 1.807) is 18.3 Å². The lowest BCUT2D eigenvalue weighted by molar-refractivity contribution is -0.141. The van der Waals surface area contributed by atoms with E-state index in [-0.39, 0.29) is 24.4 Å². The second-order valence-corrected chi connectivity index (χ2v) is 4.58. The van der Waals surface area contributed by atoms with Crippen molar-refractivity contribution in [3.63, 3.8) is 0 Å². The number of carbonyl (C=O) groups is 2. The first-order valence-electron chi connectivity index (χ1n) is 6.20. The molecule has 0 aliphatic rings. The molecule has 5 heteroatoms. The van der Waals surface area contributed by atoms with E-state index < -0.39 is 11.9 Å². The van der Waals surface area contributed by atoms with E-state index >= 15 is 0 Å². The van der Waals surface area contributed by atoms with Gasteiger partial charge in [0.05, 0.1) is 11.6 Å². The molecule has 0 radical (unpaired) electrons. The number of ketones is 1. The van der Waals surface area contributed by atoms with Gasteiger partial charge in [0.2, 0.25) is 0 Å². The molecule has 1 atom stereocenters. The number of aromatic nitrogens is 1. The molecule has 2 N–H and O–H groups in total. The van der Waals surface area contributed by atoms with Gasteiger partial charge in [-0.2, -0.15) is 0 Å². The third-order valence-corrected chi connectivity index (χ3v) is 3.07. The van der Waals surface area contributed by atoms with Crippen LogP contribution in [0.15, 0.2) is 42.6 Å². The predicted octanol–water partition coefficient (Wildman–Crippen LogP) is 2.67. The molecule has 0 spiro atoms. The van der Waals surface area contributed by atoms with Crippen LogP contribution >= 0.6 is 0 Å². The van der Waals surface area contributed by atoms with Crippen LogP contribution in [0, 0.1) is 11.7 Å². The normalized spacial score (nSPS) is 12.1. The van der Waals surface area contributed by atoms with E-state index in [0.717, 1.165) is 0 Å². The number of Topliss-reactive ketones (excluding diaryl/α,β-unsaturated/α-hetero) is 1. The molecule has 0 unspecified atom stereocenters. The molecule has 2 rings (SSSR count). The highest BCUT2D eigenvalue weighted by molar-refractivity contribution is 5.96. The molecule has 0 aliphatic heterocycles. The summed E-state index contributed by atoms with van der Waals surface area (Å²) in [6.45, 7) is 0.